The molecule has 0 aliphatic rings. The molecule has 0 radical (unpaired) electrons. The van der Waals surface area contributed by atoms with Crippen LogP contribution in [0, 0.1) is 0 Å². The van der Waals surface area contributed by atoms with Crippen molar-refractivity contribution in [1.82, 2.24) is 5.32 Å². The van der Waals surface area contributed by atoms with Crippen molar-refractivity contribution in [3.05, 3.63) is 63.0 Å². The van der Waals surface area contributed by atoms with Crippen LogP contribution in [0.15, 0.2) is 57.5 Å². The molecule has 1 unspecified atom stereocenters. The maximum Gasteiger partial charge on any atom is 0.312 e. The third-order valence-corrected chi connectivity index (χ3v) is 4.05. The lowest BCUT2D eigenvalue weighted by Gasteiger charge is -2.18. The maximum atomic E-state index is 12.2. The van der Waals surface area contributed by atoms with Crippen molar-refractivity contribution in [1.29, 1.82) is 0 Å². The van der Waals surface area contributed by atoms with Gasteiger partial charge in [0.2, 0.25) is 5.91 Å². The van der Waals surface area contributed by atoms with Gasteiger partial charge < -0.3 is 16.4 Å². The third-order valence-electron chi connectivity index (χ3n) is 3.07. The molecular formula is C16H15Br2N3O2. The van der Waals surface area contributed by atoms with Crippen LogP contribution >= 0.6 is 31.9 Å². The topological polar surface area (TPSA) is 84.2 Å². The minimum Gasteiger partial charge on any atom is -0.352 e. The molecule has 0 spiro atoms. The second kappa shape index (κ2) is 8.12. The van der Waals surface area contributed by atoms with Crippen molar-refractivity contribution in [2.24, 2.45) is 5.73 Å². The smallest absolute Gasteiger partial charge is 0.312 e. The second-order valence-corrected chi connectivity index (χ2v) is 6.71. The monoisotopic (exact) mass is 439 g/mol. The molecule has 2 aromatic rings. The van der Waals surface area contributed by atoms with E-state index < -0.39 is 12.1 Å². The fraction of sp³-hybridized carbons (Fsp3) is 0.125. The zero-order valence-corrected chi connectivity index (χ0v) is 15.2. The molecule has 0 saturated heterocycles. The Morgan fingerprint density at radius 3 is 2.30 bits per heavy atom. The number of nitrogens with two attached hydrogens (primary N) is 1. The third kappa shape index (κ3) is 5.69. The van der Waals surface area contributed by atoms with Crippen molar-refractivity contribution in [2.75, 3.05) is 5.32 Å². The second-order valence-electron chi connectivity index (χ2n) is 4.88. The summed E-state index contributed by atoms with van der Waals surface area (Å²) < 4.78 is 1.73. The van der Waals surface area contributed by atoms with E-state index in [2.05, 4.69) is 42.5 Å². The zero-order valence-electron chi connectivity index (χ0n) is 12.1. The van der Waals surface area contributed by atoms with Gasteiger partial charge in [0.15, 0.2) is 0 Å². The number of halogens is 2. The summed E-state index contributed by atoms with van der Waals surface area (Å²) in [5, 5.41) is 5.40. The Kier molecular flexibility index (Phi) is 6.18. The zero-order chi connectivity index (χ0) is 16.8. The van der Waals surface area contributed by atoms with Crippen LogP contribution in [0.1, 0.15) is 18.0 Å². The van der Waals surface area contributed by atoms with E-state index in [0.717, 1.165) is 14.5 Å². The Labute approximate surface area is 150 Å². The summed E-state index contributed by atoms with van der Waals surface area (Å²) in [7, 11) is 0. The fourth-order valence-corrected chi connectivity index (χ4v) is 2.93. The van der Waals surface area contributed by atoms with E-state index in [1.165, 1.54) is 0 Å². The Morgan fingerprint density at radius 2 is 1.70 bits per heavy atom. The van der Waals surface area contributed by atoms with Crippen molar-refractivity contribution < 1.29 is 9.59 Å². The molecule has 2 rings (SSSR count). The van der Waals surface area contributed by atoms with Gasteiger partial charge in [0.1, 0.15) is 0 Å². The first-order valence-corrected chi connectivity index (χ1v) is 8.39. The Hall–Kier alpha value is -1.86. The van der Waals surface area contributed by atoms with Gasteiger partial charge in [0.25, 0.3) is 0 Å². The molecule has 5 nitrogen and oxygen atoms in total. The van der Waals surface area contributed by atoms with Crippen molar-refractivity contribution in [3.63, 3.8) is 0 Å². The number of hydrogen-bond acceptors (Lipinski definition) is 2. The Balaban J connectivity index is 2.11. The van der Waals surface area contributed by atoms with Gasteiger partial charge in [-0.25, -0.2) is 4.79 Å². The molecule has 0 aliphatic carbocycles. The van der Waals surface area contributed by atoms with Gasteiger partial charge >= 0.3 is 6.03 Å². The van der Waals surface area contributed by atoms with Crippen LogP contribution in [0.2, 0.25) is 0 Å². The summed E-state index contributed by atoms with van der Waals surface area (Å²) in [6.45, 7) is 0. The highest BCUT2D eigenvalue weighted by Gasteiger charge is 2.18. The first kappa shape index (κ1) is 17.5. The van der Waals surface area contributed by atoms with Gasteiger partial charge in [0, 0.05) is 14.6 Å². The number of carbonyl (C=O) groups is 2. The van der Waals surface area contributed by atoms with Crippen LogP contribution in [-0.4, -0.2) is 11.9 Å². The Morgan fingerprint density at radius 1 is 1.04 bits per heavy atom. The Bertz CT molecular complexity index is 722. The molecule has 1 atom stereocenters. The molecule has 0 aliphatic heterocycles. The molecule has 0 fully saturated rings. The number of carbonyl (C=O) groups excluding carboxylic acids is 2. The molecule has 0 heterocycles. The number of nitrogens with one attached hydrogen (secondary N) is 2. The molecule has 120 valence electrons. The van der Waals surface area contributed by atoms with Gasteiger partial charge in [-0.15, -0.1) is 0 Å². The lowest BCUT2D eigenvalue weighted by atomic mass is 10.0. The average Bonchev–Trinajstić information content (AvgIpc) is 2.46. The molecule has 0 bridgehead atoms. The van der Waals surface area contributed by atoms with Crippen molar-refractivity contribution >= 4 is 49.5 Å². The van der Waals surface area contributed by atoms with E-state index in [1.807, 2.05) is 36.4 Å². The van der Waals surface area contributed by atoms with Gasteiger partial charge in [0.05, 0.1) is 12.5 Å². The summed E-state index contributed by atoms with van der Waals surface area (Å²) in [4.78, 5) is 23.5. The predicted octanol–water partition coefficient (Wildman–Crippen LogP) is 3.95. The number of benzene rings is 2. The predicted molar refractivity (Wildman–Crippen MR) is 97.0 cm³/mol. The van der Waals surface area contributed by atoms with Gasteiger partial charge in [-0.2, -0.15) is 0 Å². The lowest BCUT2D eigenvalue weighted by molar-refractivity contribution is -0.116. The van der Waals surface area contributed by atoms with Crippen LogP contribution in [0.4, 0.5) is 10.5 Å². The minimum atomic E-state index is -0.676. The number of urea groups is 1. The minimum absolute atomic E-state index is 0.0753. The van der Waals surface area contributed by atoms with E-state index >= 15 is 0 Å². The van der Waals surface area contributed by atoms with Crippen molar-refractivity contribution in [2.45, 2.75) is 12.5 Å². The van der Waals surface area contributed by atoms with Crippen LogP contribution < -0.4 is 16.4 Å². The maximum absolute atomic E-state index is 12.2. The highest BCUT2D eigenvalue weighted by molar-refractivity contribution is 9.10. The number of primary amides is 1. The summed E-state index contributed by atoms with van der Waals surface area (Å²) in [6, 6.07) is 13.5. The van der Waals surface area contributed by atoms with E-state index in [9.17, 15) is 9.59 Å². The van der Waals surface area contributed by atoms with Gasteiger partial charge in [-0.1, -0.05) is 50.1 Å². The SMILES string of the molecule is NC(=O)NC(CC(=O)Nc1cccc(Br)c1)c1cccc(Br)c1. The number of anilines is 1. The molecule has 7 heteroatoms. The molecule has 3 amide bonds. The summed E-state index contributed by atoms with van der Waals surface area (Å²) in [6.07, 6.45) is 0.0753. The molecule has 2 aromatic carbocycles. The van der Waals surface area contributed by atoms with Gasteiger partial charge in [-0.3, -0.25) is 4.79 Å². The summed E-state index contributed by atoms with van der Waals surface area (Å²) in [5.41, 5.74) is 6.69. The normalized spacial score (nSPS) is 11.6. The van der Waals surface area contributed by atoms with Crippen LogP contribution in [0.25, 0.3) is 0 Å². The average molecular weight is 441 g/mol. The summed E-state index contributed by atoms with van der Waals surface area (Å²) in [5.74, 6) is -0.221. The quantitative estimate of drug-likeness (QED) is 0.657. The van der Waals surface area contributed by atoms with E-state index in [1.54, 1.807) is 12.1 Å². The molecule has 4 N–H and O–H groups in total. The molecule has 23 heavy (non-hydrogen) atoms. The highest BCUT2D eigenvalue weighted by Crippen LogP contribution is 2.22. The van der Waals surface area contributed by atoms with Crippen LogP contribution in [-0.2, 0) is 4.79 Å². The van der Waals surface area contributed by atoms with Crippen LogP contribution in [0.3, 0.4) is 0 Å². The molecular weight excluding hydrogens is 426 g/mol. The highest BCUT2D eigenvalue weighted by atomic mass is 79.9. The molecule has 0 saturated carbocycles. The fourth-order valence-electron chi connectivity index (χ4n) is 2.11. The van der Waals surface area contributed by atoms with Gasteiger partial charge in [-0.05, 0) is 35.9 Å². The molecule has 0 aromatic heterocycles. The van der Waals surface area contributed by atoms with E-state index in [-0.39, 0.29) is 12.3 Å². The lowest BCUT2D eigenvalue weighted by Crippen LogP contribution is -2.35. The number of rotatable bonds is 5. The first-order valence-electron chi connectivity index (χ1n) is 6.81. The first-order chi connectivity index (χ1) is 10.9. The standard InChI is InChI=1S/C16H15Br2N3O2/c17-11-4-1-3-10(7-11)14(21-16(19)23)9-15(22)20-13-6-2-5-12(18)8-13/h1-8,14H,9H2,(H,20,22)(H3,19,21,23). The number of hydrogen-bond donors (Lipinski definition) is 3. The van der Waals surface area contributed by atoms with E-state index in [0.29, 0.717) is 5.69 Å². The largest absolute Gasteiger partial charge is 0.352 e. The van der Waals surface area contributed by atoms with E-state index in [4.69, 9.17) is 5.73 Å². The van der Waals surface area contributed by atoms with Crippen LogP contribution in [0.5, 0.6) is 0 Å². The summed E-state index contributed by atoms with van der Waals surface area (Å²) >= 11 is 6.73. The number of amides is 3. The van der Waals surface area contributed by atoms with Crippen molar-refractivity contribution in [3.8, 4) is 0 Å².